The molecule has 0 aliphatic heterocycles. The van der Waals surface area contributed by atoms with Crippen LogP contribution in [0.2, 0.25) is 5.82 Å². The first-order valence-electron chi connectivity index (χ1n) is 4.51. The highest BCUT2D eigenvalue weighted by atomic mass is 14.6. The lowest BCUT2D eigenvalue weighted by Gasteiger charge is -2.28. The summed E-state index contributed by atoms with van der Waals surface area (Å²) in [5.74, 6) is 1.35. The minimum atomic E-state index is 0.110. The first-order valence-corrected chi connectivity index (χ1v) is 4.51. The van der Waals surface area contributed by atoms with E-state index in [-0.39, 0.29) is 11.9 Å². The van der Waals surface area contributed by atoms with E-state index in [9.17, 15) is 0 Å². The lowest BCUT2D eigenvalue weighted by Crippen LogP contribution is -2.29. The van der Waals surface area contributed by atoms with Crippen molar-refractivity contribution < 1.29 is 0 Å². The average molecular weight is 153 g/mol. The minimum absolute atomic E-state index is 0.110. The van der Waals surface area contributed by atoms with E-state index >= 15 is 0 Å². The van der Waals surface area contributed by atoms with Crippen molar-refractivity contribution in [1.82, 2.24) is 0 Å². The van der Waals surface area contributed by atoms with Crippen LogP contribution in [0.25, 0.3) is 0 Å². The van der Waals surface area contributed by atoms with Crippen molar-refractivity contribution in [3.63, 3.8) is 0 Å². The van der Waals surface area contributed by atoms with Gasteiger partial charge in [0, 0.05) is 0 Å². The number of nitrogens with two attached hydrogens (primary N) is 1. The molecule has 2 heteroatoms. The van der Waals surface area contributed by atoms with Crippen molar-refractivity contribution in [3.8, 4) is 0 Å². The summed E-state index contributed by atoms with van der Waals surface area (Å²) in [5, 5.41) is 0. The Morgan fingerprint density at radius 3 is 2.00 bits per heavy atom. The van der Waals surface area contributed by atoms with Gasteiger partial charge in [-0.15, -0.1) is 0 Å². The van der Waals surface area contributed by atoms with Crippen LogP contribution in [-0.4, -0.2) is 13.9 Å². The summed E-state index contributed by atoms with van der Waals surface area (Å²) in [4.78, 5) is 0. The van der Waals surface area contributed by atoms with Gasteiger partial charge in [-0.1, -0.05) is 39.9 Å². The third-order valence-electron chi connectivity index (χ3n) is 2.76. The van der Waals surface area contributed by atoms with Gasteiger partial charge in [0.15, 0.2) is 0 Å². The van der Waals surface area contributed by atoms with Crippen molar-refractivity contribution in [3.05, 3.63) is 0 Å². The first-order chi connectivity index (χ1) is 5.00. The SMILES string of the molecule is [B]C(C(C)N)C(C)C(C)CC. The highest BCUT2D eigenvalue weighted by molar-refractivity contribution is 6.12. The van der Waals surface area contributed by atoms with Gasteiger partial charge in [0.25, 0.3) is 0 Å². The standard InChI is InChI=1S/C9H20BN/c1-5-6(2)7(3)9(10)8(4)11/h6-9H,5,11H2,1-4H3. The molecule has 0 rings (SSSR count). The van der Waals surface area contributed by atoms with Gasteiger partial charge in [-0.3, -0.25) is 0 Å². The third-order valence-corrected chi connectivity index (χ3v) is 2.76. The summed E-state index contributed by atoms with van der Waals surface area (Å²) >= 11 is 0. The lowest BCUT2D eigenvalue weighted by molar-refractivity contribution is 0.337. The van der Waals surface area contributed by atoms with Crippen LogP contribution in [0.15, 0.2) is 0 Å². The van der Waals surface area contributed by atoms with Gasteiger partial charge in [-0.2, -0.15) is 0 Å². The van der Waals surface area contributed by atoms with E-state index in [1.165, 1.54) is 6.42 Å². The maximum absolute atomic E-state index is 5.91. The molecule has 2 radical (unpaired) electrons. The Balaban J connectivity index is 3.90. The molecule has 0 bridgehead atoms. The zero-order valence-electron chi connectivity index (χ0n) is 8.17. The van der Waals surface area contributed by atoms with Crippen molar-refractivity contribution >= 4 is 7.85 Å². The van der Waals surface area contributed by atoms with Crippen LogP contribution in [0.3, 0.4) is 0 Å². The molecule has 0 aliphatic carbocycles. The Kier molecular flexibility index (Phi) is 4.82. The fourth-order valence-corrected chi connectivity index (χ4v) is 1.23. The molecule has 64 valence electrons. The zero-order valence-corrected chi connectivity index (χ0v) is 8.17. The summed E-state index contributed by atoms with van der Waals surface area (Å²) in [6.45, 7) is 8.58. The highest BCUT2D eigenvalue weighted by Crippen LogP contribution is 2.26. The van der Waals surface area contributed by atoms with Crippen molar-refractivity contribution in [1.29, 1.82) is 0 Å². The van der Waals surface area contributed by atoms with E-state index in [2.05, 4.69) is 20.8 Å². The van der Waals surface area contributed by atoms with E-state index in [1.807, 2.05) is 6.92 Å². The summed E-state index contributed by atoms with van der Waals surface area (Å²) in [6.07, 6.45) is 1.18. The van der Waals surface area contributed by atoms with Crippen LogP contribution in [0.4, 0.5) is 0 Å². The van der Waals surface area contributed by atoms with Gasteiger partial charge >= 0.3 is 0 Å². The van der Waals surface area contributed by atoms with Gasteiger partial charge < -0.3 is 5.73 Å². The van der Waals surface area contributed by atoms with Crippen molar-refractivity contribution in [2.45, 2.75) is 46.0 Å². The molecule has 1 nitrogen and oxygen atoms in total. The van der Waals surface area contributed by atoms with E-state index < -0.39 is 0 Å². The van der Waals surface area contributed by atoms with Crippen LogP contribution >= 0.6 is 0 Å². The van der Waals surface area contributed by atoms with Crippen LogP contribution in [0.5, 0.6) is 0 Å². The van der Waals surface area contributed by atoms with Crippen LogP contribution in [0.1, 0.15) is 34.1 Å². The molecule has 0 saturated heterocycles. The Morgan fingerprint density at radius 2 is 1.73 bits per heavy atom. The van der Waals surface area contributed by atoms with Crippen LogP contribution < -0.4 is 5.73 Å². The van der Waals surface area contributed by atoms with Gasteiger partial charge in [0.1, 0.15) is 0 Å². The monoisotopic (exact) mass is 153 g/mol. The lowest BCUT2D eigenvalue weighted by atomic mass is 9.68. The summed E-state index contributed by atoms with van der Waals surface area (Å²) in [5.41, 5.74) is 5.70. The topological polar surface area (TPSA) is 26.0 Å². The van der Waals surface area contributed by atoms with Crippen LogP contribution in [0, 0.1) is 11.8 Å². The highest BCUT2D eigenvalue weighted by Gasteiger charge is 2.19. The average Bonchev–Trinajstić information content (AvgIpc) is 2.00. The second kappa shape index (κ2) is 4.81. The predicted molar refractivity (Wildman–Crippen MR) is 51.8 cm³/mol. The summed E-state index contributed by atoms with van der Waals surface area (Å²) < 4.78 is 0. The Bertz CT molecular complexity index is 104. The largest absolute Gasteiger partial charge is 0.328 e. The fourth-order valence-electron chi connectivity index (χ4n) is 1.23. The van der Waals surface area contributed by atoms with Crippen LogP contribution in [-0.2, 0) is 0 Å². The van der Waals surface area contributed by atoms with E-state index in [0.717, 1.165) is 0 Å². The fraction of sp³-hybridized carbons (Fsp3) is 1.00. The van der Waals surface area contributed by atoms with Gasteiger partial charge in [0.05, 0.1) is 7.85 Å². The second-order valence-corrected chi connectivity index (χ2v) is 3.68. The Morgan fingerprint density at radius 1 is 1.27 bits per heavy atom. The number of rotatable bonds is 4. The molecule has 4 unspecified atom stereocenters. The zero-order chi connectivity index (χ0) is 9.02. The third kappa shape index (κ3) is 3.28. The molecule has 0 aliphatic rings. The number of hydrogen-bond donors (Lipinski definition) is 1. The second-order valence-electron chi connectivity index (χ2n) is 3.68. The molecule has 0 aromatic carbocycles. The minimum Gasteiger partial charge on any atom is -0.328 e. The van der Waals surface area contributed by atoms with E-state index in [0.29, 0.717) is 11.8 Å². The normalized spacial score (nSPS) is 22.3. The Labute approximate surface area is 72.2 Å². The molecule has 0 heterocycles. The molecular formula is C9H20BN. The van der Waals surface area contributed by atoms with Crippen molar-refractivity contribution in [2.24, 2.45) is 17.6 Å². The molecule has 0 aromatic rings. The smallest absolute Gasteiger partial charge is 0.0724 e. The molecule has 0 spiro atoms. The predicted octanol–water partition coefficient (Wildman–Crippen LogP) is 1.97. The maximum Gasteiger partial charge on any atom is 0.0724 e. The van der Waals surface area contributed by atoms with Gasteiger partial charge in [-0.05, 0) is 17.9 Å². The van der Waals surface area contributed by atoms with Crippen molar-refractivity contribution in [2.75, 3.05) is 0 Å². The number of hydrogen-bond acceptors (Lipinski definition) is 1. The molecule has 11 heavy (non-hydrogen) atoms. The molecule has 0 fully saturated rings. The summed E-state index contributed by atoms with van der Waals surface area (Å²) in [7, 11) is 5.91. The first kappa shape index (κ1) is 11.0. The Hall–Kier alpha value is 0.0249. The summed E-state index contributed by atoms with van der Waals surface area (Å²) in [6, 6.07) is 0.110. The quantitative estimate of drug-likeness (QED) is 0.614. The molecule has 0 amide bonds. The van der Waals surface area contributed by atoms with Gasteiger partial charge in [-0.25, -0.2) is 0 Å². The van der Waals surface area contributed by atoms with E-state index in [1.54, 1.807) is 0 Å². The molecule has 0 saturated carbocycles. The molecule has 4 atom stereocenters. The van der Waals surface area contributed by atoms with E-state index in [4.69, 9.17) is 13.6 Å². The maximum atomic E-state index is 5.91. The molecule has 0 aromatic heterocycles. The molecule has 2 N–H and O–H groups in total. The van der Waals surface area contributed by atoms with Gasteiger partial charge in [0.2, 0.25) is 0 Å². The molecular weight excluding hydrogens is 133 g/mol.